The normalized spacial score (nSPS) is 28.9. The number of nitrogens with one attached hydrogen (secondary N) is 2. The standard InChI is InChI=1S/C39H40N4O10S/c1-16-8-20-9-22-23(12-40)43-24-13-50-38(47)39(21-11-26(48-4)25(45)10-19(21)6-7-41-39)14-54-37(31(43)30(42-22)27(20)32(46)33(16)49-5)29-28(24)36-35(51-15-52-36)17(2)34(29)53-18(3)44/h8,10-11,22-24,30-31,37,41-42,45-46H,6-7,9,13-15H2,1-5H3/t22-,23-,24-,30?,31?,37+,39+/m0/s1. The molecule has 4 N–H and O–H groups in total. The van der Waals surface area contributed by atoms with Crippen LogP contribution in [0, 0.1) is 25.2 Å². The topological polar surface area (TPSA) is 181 Å². The zero-order valence-corrected chi connectivity index (χ0v) is 31.2. The van der Waals surface area contributed by atoms with Crippen LogP contribution in [0.3, 0.4) is 0 Å². The minimum atomic E-state index is -1.36. The van der Waals surface area contributed by atoms with Crippen molar-refractivity contribution in [3.63, 3.8) is 0 Å². The van der Waals surface area contributed by atoms with Gasteiger partial charge in [-0.1, -0.05) is 6.07 Å². The van der Waals surface area contributed by atoms with Gasteiger partial charge in [0.2, 0.25) is 6.79 Å². The molecule has 0 aliphatic carbocycles. The Morgan fingerprint density at radius 3 is 2.59 bits per heavy atom. The van der Waals surface area contributed by atoms with Gasteiger partial charge in [0.1, 0.15) is 18.4 Å². The van der Waals surface area contributed by atoms with Gasteiger partial charge in [-0.3, -0.25) is 15.0 Å². The van der Waals surface area contributed by atoms with Crippen molar-refractivity contribution >= 4 is 23.7 Å². The second kappa shape index (κ2) is 12.6. The van der Waals surface area contributed by atoms with Crippen molar-refractivity contribution in [3.8, 4) is 46.3 Å². The van der Waals surface area contributed by atoms with Crippen LogP contribution in [0.15, 0.2) is 18.2 Å². The fraction of sp³-hybridized carbons (Fsp3) is 0.462. The number of nitriles is 1. The van der Waals surface area contributed by atoms with Crippen LogP contribution in [0.2, 0.25) is 0 Å². The lowest BCUT2D eigenvalue weighted by Crippen LogP contribution is -2.69. The molecule has 10 rings (SSSR count). The molecule has 2 unspecified atom stereocenters. The van der Waals surface area contributed by atoms with E-state index in [0.29, 0.717) is 70.2 Å². The Morgan fingerprint density at radius 1 is 1.06 bits per heavy atom. The second-order valence-electron chi connectivity index (χ2n) is 14.7. The van der Waals surface area contributed by atoms with E-state index >= 15 is 0 Å². The van der Waals surface area contributed by atoms with Gasteiger partial charge in [-0.05, 0) is 61.1 Å². The van der Waals surface area contributed by atoms with E-state index in [-0.39, 0.29) is 42.4 Å². The van der Waals surface area contributed by atoms with Crippen molar-refractivity contribution in [3.05, 3.63) is 62.7 Å². The van der Waals surface area contributed by atoms with Crippen molar-refractivity contribution in [1.29, 1.82) is 5.26 Å². The number of aromatic hydroxyl groups is 2. The van der Waals surface area contributed by atoms with E-state index in [2.05, 4.69) is 21.6 Å². The van der Waals surface area contributed by atoms with Crippen LogP contribution in [-0.2, 0) is 32.7 Å². The molecule has 1 spiro atoms. The van der Waals surface area contributed by atoms with Crippen LogP contribution in [0.5, 0.6) is 40.2 Å². The number of fused-ring (bicyclic) bond motifs is 9. The Bertz CT molecular complexity index is 2190. The number of carbonyl (C=O) groups is 2. The summed E-state index contributed by atoms with van der Waals surface area (Å²) >= 11 is 1.46. The average Bonchev–Trinajstić information content (AvgIpc) is 3.64. The van der Waals surface area contributed by atoms with Gasteiger partial charge in [-0.2, -0.15) is 5.26 Å². The molecule has 15 heteroatoms. The Kier molecular flexibility index (Phi) is 8.13. The average molecular weight is 757 g/mol. The smallest absolute Gasteiger partial charge is 0.331 e. The van der Waals surface area contributed by atoms with Crippen molar-refractivity contribution in [2.45, 2.75) is 74.6 Å². The van der Waals surface area contributed by atoms with E-state index in [1.165, 1.54) is 32.9 Å². The van der Waals surface area contributed by atoms with E-state index in [0.717, 1.165) is 16.7 Å². The van der Waals surface area contributed by atoms with Gasteiger partial charge in [0.05, 0.1) is 37.6 Å². The van der Waals surface area contributed by atoms with Gasteiger partial charge >= 0.3 is 11.9 Å². The minimum Gasteiger partial charge on any atom is -0.504 e. The highest BCUT2D eigenvalue weighted by Gasteiger charge is 2.60. The molecule has 7 aliphatic heterocycles. The maximum absolute atomic E-state index is 14.7. The SMILES string of the molecule is COc1cc2c(cc1O)CCN[C@]21CS[C@@H]2c3c(OC(C)=O)c(C)c4c(c3[C@H](COC1=O)N1C2C2N[C@@H](Cc3cc(C)c(OC)c(O)c32)[C@@H]1C#N)OCO4. The van der Waals surface area contributed by atoms with Gasteiger partial charge < -0.3 is 44.0 Å². The molecule has 4 bridgehead atoms. The molecule has 7 heterocycles. The summed E-state index contributed by atoms with van der Waals surface area (Å²) in [4.78, 5) is 29.7. The van der Waals surface area contributed by atoms with Gasteiger partial charge in [0, 0.05) is 53.6 Å². The molecule has 2 saturated heterocycles. The highest BCUT2D eigenvalue weighted by Crippen LogP contribution is 2.63. The first-order valence-electron chi connectivity index (χ1n) is 17.9. The first-order valence-corrected chi connectivity index (χ1v) is 19.0. The first kappa shape index (κ1) is 34.9. The second-order valence-corrected chi connectivity index (χ2v) is 15.8. The lowest BCUT2D eigenvalue weighted by molar-refractivity contribution is -0.155. The fourth-order valence-corrected chi connectivity index (χ4v) is 11.5. The molecule has 0 amide bonds. The Hall–Kier alpha value is -4.88. The molecule has 54 heavy (non-hydrogen) atoms. The molecule has 3 aromatic rings. The third kappa shape index (κ3) is 4.76. The summed E-state index contributed by atoms with van der Waals surface area (Å²) in [6, 6.07) is 5.06. The number of rotatable bonds is 3. The molecule has 0 radical (unpaired) electrons. The van der Waals surface area contributed by atoms with Gasteiger partial charge in [-0.15, -0.1) is 11.8 Å². The number of methoxy groups -OCH3 is 2. The number of hydrogen-bond donors (Lipinski definition) is 4. The van der Waals surface area contributed by atoms with E-state index in [1.54, 1.807) is 12.1 Å². The summed E-state index contributed by atoms with van der Waals surface area (Å²) in [5.41, 5.74) is 4.33. The van der Waals surface area contributed by atoms with E-state index in [1.807, 2.05) is 19.9 Å². The van der Waals surface area contributed by atoms with Crippen LogP contribution in [0.25, 0.3) is 0 Å². The Balaban J connectivity index is 1.32. The molecule has 7 aliphatic rings. The summed E-state index contributed by atoms with van der Waals surface area (Å²) in [6.07, 6.45) is 1.03. The summed E-state index contributed by atoms with van der Waals surface area (Å²) < 4.78 is 35.9. The van der Waals surface area contributed by atoms with Crippen LogP contribution in [-0.4, -0.2) is 85.1 Å². The Labute approximate surface area is 315 Å². The van der Waals surface area contributed by atoms with Crippen molar-refractivity contribution < 1.29 is 48.2 Å². The molecule has 7 atom stereocenters. The lowest BCUT2D eigenvalue weighted by Gasteiger charge is -2.59. The first-order chi connectivity index (χ1) is 26.0. The fourth-order valence-electron chi connectivity index (χ4n) is 9.79. The monoisotopic (exact) mass is 756 g/mol. The Morgan fingerprint density at radius 2 is 1.85 bits per heavy atom. The molecule has 0 saturated carbocycles. The number of hydrogen-bond acceptors (Lipinski definition) is 15. The quantitative estimate of drug-likeness (QED) is 0.225. The van der Waals surface area contributed by atoms with Crippen LogP contribution < -0.4 is 34.3 Å². The number of phenolic OH excluding ortho intramolecular Hbond substituents is 2. The van der Waals surface area contributed by atoms with E-state index < -0.39 is 46.9 Å². The number of esters is 2. The van der Waals surface area contributed by atoms with Crippen LogP contribution >= 0.6 is 11.8 Å². The van der Waals surface area contributed by atoms with E-state index in [9.17, 15) is 25.1 Å². The van der Waals surface area contributed by atoms with Crippen molar-refractivity contribution in [2.24, 2.45) is 0 Å². The predicted octanol–water partition coefficient (Wildman–Crippen LogP) is 3.64. The highest BCUT2D eigenvalue weighted by atomic mass is 32.2. The van der Waals surface area contributed by atoms with Gasteiger partial charge in [-0.25, -0.2) is 4.79 Å². The summed E-state index contributed by atoms with van der Waals surface area (Å²) in [5, 5.41) is 40.3. The number of nitrogens with zero attached hydrogens (tertiary/aromatic N) is 2. The number of ether oxygens (including phenoxy) is 6. The molecular weight excluding hydrogens is 717 g/mol. The molecule has 3 aromatic carbocycles. The zero-order valence-electron chi connectivity index (χ0n) is 30.4. The maximum Gasteiger partial charge on any atom is 0.331 e. The van der Waals surface area contributed by atoms with E-state index in [4.69, 9.17) is 28.4 Å². The zero-order chi connectivity index (χ0) is 37.8. The number of benzene rings is 3. The number of phenols is 2. The lowest BCUT2D eigenvalue weighted by atomic mass is 9.72. The molecule has 0 aromatic heterocycles. The number of carbonyl (C=O) groups excluding carboxylic acids is 2. The summed E-state index contributed by atoms with van der Waals surface area (Å²) in [7, 11) is 2.99. The minimum absolute atomic E-state index is 0.0248. The van der Waals surface area contributed by atoms with Gasteiger partial charge in [0.15, 0.2) is 40.0 Å². The molecule has 2 fully saturated rings. The summed E-state index contributed by atoms with van der Waals surface area (Å²) in [6.45, 7) is 5.25. The van der Waals surface area contributed by atoms with Crippen LogP contribution in [0.1, 0.15) is 68.8 Å². The maximum atomic E-state index is 14.7. The molecule has 282 valence electrons. The third-order valence-corrected chi connectivity index (χ3v) is 13.4. The number of thioether (sulfide) groups is 1. The predicted molar refractivity (Wildman–Crippen MR) is 193 cm³/mol. The van der Waals surface area contributed by atoms with Crippen molar-refractivity contribution in [2.75, 3.05) is 39.9 Å². The number of piperazine rings is 1. The van der Waals surface area contributed by atoms with Crippen LogP contribution in [0.4, 0.5) is 0 Å². The highest BCUT2D eigenvalue weighted by molar-refractivity contribution is 7.99. The van der Waals surface area contributed by atoms with Gasteiger partial charge in [0.25, 0.3) is 0 Å². The van der Waals surface area contributed by atoms with Crippen molar-refractivity contribution in [1.82, 2.24) is 15.5 Å². The molecular formula is C39H40N4O10S. The third-order valence-electron chi connectivity index (χ3n) is 11.9. The largest absolute Gasteiger partial charge is 0.504 e. The number of aryl methyl sites for hydroxylation is 1. The molecule has 14 nitrogen and oxygen atoms in total. The summed E-state index contributed by atoms with van der Waals surface area (Å²) in [5.74, 6) is 0.913.